The Bertz CT molecular complexity index is 964. The molecule has 1 unspecified atom stereocenters. The predicted octanol–water partition coefficient (Wildman–Crippen LogP) is 5.22. The summed E-state index contributed by atoms with van der Waals surface area (Å²) in [5, 5.41) is 11.0. The SMILES string of the molecule is CCCCCN1C(=O)C(=O)/C(=C(\O)c2ccc(OC(C)C)cc2)C1c1ccc(F)cc1. The molecule has 1 amide bonds. The third kappa shape index (κ3) is 4.95. The molecule has 1 fully saturated rings. The van der Waals surface area contributed by atoms with Gasteiger partial charge in [-0.2, -0.15) is 0 Å². The summed E-state index contributed by atoms with van der Waals surface area (Å²) in [6.45, 7) is 6.27. The van der Waals surface area contributed by atoms with Gasteiger partial charge in [-0.25, -0.2) is 4.39 Å². The summed E-state index contributed by atoms with van der Waals surface area (Å²) in [7, 11) is 0. The van der Waals surface area contributed by atoms with Crippen LogP contribution in [0.4, 0.5) is 4.39 Å². The number of rotatable bonds is 8. The van der Waals surface area contributed by atoms with E-state index in [4.69, 9.17) is 4.74 Å². The van der Waals surface area contributed by atoms with Gasteiger partial charge in [0.2, 0.25) is 0 Å². The van der Waals surface area contributed by atoms with E-state index in [9.17, 15) is 19.1 Å². The van der Waals surface area contributed by atoms with Crippen LogP contribution in [0.5, 0.6) is 5.75 Å². The van der Waals surface area contributed by atoms with E-state index in [2.05, 4.69) is 6.92 Å². The zero-order chi connectivity index (χ0) is 22.5. The lowest BCUT2D eigenvalue weighted by molar-refractivity contribution is -0.139. The van der Waals surface area contributed by atoms with Gasteiger partial charge in [0.1, 0.15) is 17.3 Å². The third-order valence-corrected chi connectivity index (χ3v) is 5.23. The Morgan fingerprint density at radius 2 is 1.71 bits per heavy atom. The number of ether oxygens (including phenoxy) is 1. The number of likely N-dealkylation sites (tertiary alicyclic amines) is 1. The van der Waals surface area contributed by atoms with Crippen LogP contribution in [-0.2, 0) is 9.59 Å². The zero-order valence-electron chi connectivity index (χ0n) is 18.1. The number of aliphatic hydroxyl groups excluding tert-OH is 1. The van der Waals surface area contributed by atoms with Gasteiger partial charge in [-0.3, -0.25) is 9.59 Å². The van der Waals surface area contributed by atoms with Gasteiger partial charge < -0.3 is 14.7 Å². The molecule has 0 aromatic heterocycles. The fraction of sp³-hybridized carbons (Fsp3) is 0.360. The Morgan fingerprint density at radius 1 is 1.06 bits per heavy atom. The summed E-state index contributed by atoms with van der Waals surface area (Å²) in [6.07, 6.45) is 2.63. The molecule has 0 radical (unpaired) electrons. The Kier molecular flexibility index (Phi) is 7.10. The maximum atomic E-state index is 13.5. The van der Waals surface area contributed by atoms with E-state index < -0.39 is 23.5 Å². The van der Waals surface area contributed by atoms with Crippen molar-refractivity contribution in [2.45, 2.75) is 52.2 Å². The summed E-state index contributed by atoms with van der Waals surface area (Å²) in [5.41, 5.74) is 1.01. The van der Waals surface area contributed by atoms with E-state index in [-0.39, 0.29) is 17.4 Å². The number of unbranched alkanes of at least 4 members (excludes halogenated alkanes) is 2. The molecule has 1 aliphatic rings. The van der Waals surface area contributed by atoms with Crippen LogP contribution in [0.3, 0.4) is 0 Å². The molecule has 31 heavy (non-hydrogen) atoms. The largest absolute Gasteiger partial charge is 0.507 e. The molecular formula is C25H28FNO4. The zero-order valence-corrected chi connectivity index (χ0v) is 18.1. The first-order valence-corrected chi connectivity index (χ1v) is 10.6. The van der Waals surface area contributed by atoms with Crippen LogP contribution in [0.2, 0.25) is 0 Å². The first-order chi connectivity index (χ1) is 14.8. The van der Waals surface area contributed by atoms with E-state index >= 15 is 0 Å². The molecule has 1 heterocycles. The second-order valence-corrected chi connectivity index (χ2v) is 7.94. The number of carbonyl (C=O) groups excluding carboxylic acids is 2. The number of hydrogen-bond donors (Lipinski definition) is 1. The number of carbonyl (C=O) groups is 2. The first kappa shape index (κ1) is 22.5. The maximum Gasteiger partial charge on any atom is 0.295 e. The van der Waals surface area contributed by atoms with Gasteiger partial charge >= 0.3 is 0 Å². The molecule has 6 heteroatoms. The number of Topliss-reactive ketones (excluding diaryl/α,β-unsaturated/α-hetero) is 1. The van der Waals surface area contributed by atoms with Gasteiger partial charge in [0.25, 0.3) is 11.7 Å². The normalized spacial score (nSPS) is 18.1. The highest BCUT2D eigenvalue weighted by Crippen LogP contribution is 2.39. The number of nitrogens with zero attached hydrogens (tertiary/aromatic N) is 1. The highest BCUT2D eigenvalue weighted by atomic mass is 19.1. The molecule has 0 saturated carbocycles. The summed E-state index contributed by atoms with van der Waals surface area (Å²) in [4.78, 5) is 27.2. The van der Waals surface area contributed by atoms with Crippen molar-refractivity contribution in [1.82, 2.24) is 4.90 Å². The third-order valence-electron chi connectivity index (χ3n) is 5.23. The minimum absolute atomic E-state index is 0.00590. The molecule has 3 rings (SSSR count). The number of amides is 1. The highest BCUT2D eigenvalue weighted by molar-refractivity contribution is 6.46. The lowest BCUT2D eigenvalue weighted by Crippen LogP contribution is -2.30. The summed E-state index contributed by atoms with van der Waals surface area (Å²) < 4.78 is 19.1. The summed E-state index contributed by atoms with van der Waals surface area (Å²) >= 11 is 0. The van der Waals surface area contributed by atoms with Crippen LogP contribution in [0.25, 0.3) is 5.76 Å². The van der Waals surface area contributed by atoms with Gasteiger partial charge in [0.05, 0.1) is 17.7 Å². The van der Waals surface area contributed by atoms with Gasteiger partial charge in [0.15, 0.2) is 0 Å². The number of ketones is 1. The number of aliphatic hydroxyl groups is 1. The van der Waals surface area contributed by atoms with Crippen molar-refractivity contribution >= 4 is 17.4 Å². The minimum atomic E-state index is -0.760. The van der Waals surface area contributed by atoms with E-state index in [0.29, 0.717) is 23.4 Å². The van der Waals surface area contributed by atoms with Crippen molar-refractivity contribution in [2.24, 2.45) is 0 Å². The Hall–Kier alpha value is -3.15. The molecular weight excluding hydrogens is 397 g/mol. The monoisotopic (exact) mass is 425 g/mol. The average Bonchev–Trinajstić information content (AvgIpc) is 2.99. The van der Waals surface area contributed by atoms with Crippen molar-refractivity contribution in [3.63, 3.8) is 0 Å². The second kappa shape index (κ2) is 9.77. The van der Waals surface area contributed by atoms with Crippen molar-refractivity contribution in [2.75, 3.05) is 6.54 Å². The second-order valence-electron chi connectivity index (χ2n) is 7.94. The molecule has 164 valence electrons. The molecule has 5 nitrogen and oxygen atoms in total. The van der Waals surface area contributed by atoms with E-state index in [1.165, 1.54) is 17.0 Å². The summed E-state index contributed by atoms with van der Waals surface area (Å²) in [6, 6.07) is 11.6. The van der Waals surface area contributed by atoms with Gasteiger partial charge in [-0.05, 0) is 62.2 Å². The fourth-order valence-corrected chi connectivity index (χ4v) is 3.75. The molecule has 0 aliphatic carbocycles. The van der Waals surface area contributed by atoms with Crippen LogP contribution in [0, 0.1) is 5.82 Å². The van der Waals surface area contributed by atoms with Crippen LogP contribution in [0.1, 0.15) is 57.2 Å². The standard InChI is InChI=1S/C25H28FNO4/c1-4-5-6-15-27-22(17-7-11-19(26)12-8-17)21(24(29)25(27)30)23(28)18-9-13-20(14-10-18)31-16(2)3/h7-14,16,22,28H,4-6,15H2,1-3H3/b23-21-. The van der Waals surface area contributed by atoms with E-state index in [0.717, 1.165) is 19.3 Å². The van der Waals surface area contributed by atoms with Gasteiger partial charge in [-0.1, -0.05) is 31.9 Å². The highest BCUT2D eigenvalue weighted by Gasteiger charge is 2.45. The predicted molar refractivity (Wildman–Crippen MR) is 117 cm³/mol. The van der Waals surface area contributed by atoms with Crippen LogP contribution < -0.4 is 4.74 Å². The number of hydrogen-bond acceptors (Lipinski definition) is 4. The number of halogens is 1. The quantitative estimate of drug-likeness (QED) is 0.272. The topological polar surface area (TPSA) is 66.8 Å². The van der Waals surface area contributed by atoms with Crippen molar-refractivity contribution in [1.29, 1.82) is 0 Å². The molecule has 1 aliphatic heterocycles. The molecule has 2 aromatic rings. The molecule has 1 atom stereocenters. The van der Waals surface area contributed by atoms with Crippen LogP contribution >= 0.6 is 0 Å². The lowest BCUT2D eigenvalue weighted by Gasteiger charge is -2.25. The van der Waals surface area contributed by atoms with Gasteiger partial charge in [-0.15, -0.1) is 0 Å². The van der Waals surface area contributed by atoms with Gasteiger partial charge in [0, 0.05) is 12.1 Å². The summed E-state index contributed by atoms with van der Waals surface area (Å²) in [5.74, 6) is -1.39. The minimum Gasteiger partial charge on any atom is -0.507 e. The Morgan fingerprint density at radius 3 is 2.29 bits per heavy atom. The van der Waals surface area contributed by atoms with Crippen LogP contribution in [-0.4, -0.2) is 34.3 Å². The fourth-order valence-electron chi connectivity index (χ4n) is 3.75. The van der Waals surface area contributed by atoms with Crippen LogP contribution in [0.15, 0.2) is 54.1 Å². The van der Waals surface area contributed by atoms with Crippen molar-refractivity contribution in [3.8, 4) is 5.75 Å². The molecule has 0 bridgehead atoms. The average molecular weight is 426 g/mol. The van der Waals surface area contributed by atoms with Crippen molar-refractivity contribution < 1.29 is 23.8 Å². The lowest BCUT2D eigenvalue weighted by atomic mass is 9.95. The Balaban J connectivity index is 2.04. The molecule has 0 spiro atoms. The van der Waals surface area contributed by atoms with Crippen molar-refractivity contribution in [3.05, 3.63) is 71.0 Å². The molecule has 1 saturated heterocycles. The Labute approximate surface area is 182 Å². The number of benzene rings is 2. The first-order valence-electron chi connectivity index (χ1n) is 10.6. The maximum absolute atomic E-state index is 13.5. The molecule has 1 N–H and O–H groups in total. The van der Waals surface area contributed by atoms with E-state index in [1.54, 1.807) is 36.4 Å². The smallest absolute Gasteiger partial charge is 0.295 e. The molecule has 2 aromatic carbocycles. The van der Waals surface area contributed by atoms with E-state index in [1.807, 2.05) is 13.8 Å².